The van der Waals surface area contributed by atoms with Gasteiger partial charge in [0.15, 0.2) is 4.77 Å². The number of aromatic amines is 1. The standard InChI is InChI=1S/C18H26N6S/c1-4-23(5-2)9-7-8-19-17-13-10-15-16(11-14(13)20-12-21-17)24(6-3)18(25)22-15/h10-12H,4-9H2,1-3H3,(H,22,25)(H,19,20,21). The lowest BCUT2D eigenvalue weighted by molar-refractivity contribution is 0.303. The van der Waals surface area contributed by atoms with E-state index in [0.717, 1.165) is 71.7 Å². The van der Waals surface area contributed by atoms with Crippen molar-refractivity contribution in [3.8, 4) is 0 Å². The van der Waals surface area contributed by atoms with Gasteiger partial charge in [-0.3, -0.25) is 0 Å². The number of nitrogens with one attached hydrogen (secondary N) is 2. The van der Waals surface area contributed by atoms with E-state index in [1.165, 1.54) is 0 Å². The second kappa shape index (κ2) is 7.93. The number of aryl methyl sites for hydroxylation is 1. The van der Waals surface area contributed by atoms with Crippen molar-refractivity contribution >= 4 is 40.0 Å². The average molecular weight is 359 g/mol. The average Bonchev–Trinajstić information content (AvgIpc) is 2.94. The van der Waals surface area contributed by atoms with Crippen molar-refractivity contribution in [3.63, 3.8) is 0 Å². The molecular weight excluding hydrogens is 332 g/mol. The molecule has 3 rings (SSSR count). The van der Waals surface area contributed by atoms with E-state index in [1.807, 2.05) is 0 Å². The quantitative estimate of drug-likeness (QED) is 0.474. The summed E-state index contributed by atoms with van der Waals surface area (Å²) in [6.45, 7) is 11.5. The molecule has 0 aliphatic heterocycles. The van der Waals surface area contributed by atoms with E-state index in [-0.39, 0.29) is 0 Å². The molecule has 0 radical (unpaired) electrons. The summed E-state index contributed by atoms with van der Waals surface area (Å²) in [4.78, 5) is 14.6. The summed E-state index contributed by atoms with van der Waals surface area (Å²) < 4.78 is 2.83. The first-order valence-electron chi connectivity index (χ1n) is 9.01. The van der Waals surface area contributed by atoms with Gasteiger partial charge in [-0.2, -0.15) is 0 Å². The van der Waals surface area contributed by atoms with Crippen LogP contribution in [-0.4, -0.2) is 50.6 Å². The highest BCUT2D eigenvalue weighted by Gasteiger charge is 2.09. The Labute approximate surface area is 153 Å². The zero-order valence-electron chi connectivity index (χ0n) is 15.2. The van der Waals surface area contributed by atoms with Crippen molar-refractivity contribution < 1.29 is 0 Å². The lowest BCUT2D eigenvalue weighted by Crippen LogP contribution is -2.25. The van der Waals surface area contributed by atoms with Gasteiger partial charge in [0.1, 0.15) is 12.1 Å². The number of hydrogen-bond donors (Lipinski definition) is 2. The number of nitrogens with zero attached hydrogens (tertiary/aromatic N) is 4. The predicted molar refractivity (Wildman–Crippen MR) is 107 cm³/mol. The number of imidazole rings is 1. The van der Waals surface area contributed by atoms with E-state index in [9.17, 15) is 0 Å². The molecule has 0 aliphatic carbocycles. The first-order chi connectivity index (χ1) is 12.2. The number of anilines is 1. The van der Waals surface area contributed by atoms with E-state index < -0.39 is 0 Å². The van der Waals surface area contributed by atoms with Crippen molar-refractivity contribution in [1.82, 2.24) is 24.4 Å². The maximum Gasteiger partial charge on any atom is 0.178 e. The minimum absolute atomic E-state index is 0.745. The van der Waals surface area contributed by atoms with Crippen molar-refractivity contribution in [1.29, 1.82) is 0 Å². The van der Waals surface area contributed by atoms with Crippen LogP contribution in [0.2, 0.25) is 0 Å². The lowest BCUT2D eigenvalue weighted by Gasteiger charge is -2.18. The van der Waals surface area contributed by atoms with Crippen LogP contribution in [0.3, 0.4) is 0 Å². The topological polar surface area (TPSA) is 61.8 Å². The van der Waals surface area contributed by atoms with Crippen LogP contribution in [0.25, 0.3) is 21.9 Å². The molecular formula is C18H26N6S. The molecule has 0 fully saturated rings. The van der Waals surface area contributed by atoms with Crippen LogP contribution in [0.5, 0.6) is 0 Å². The Hall–Kier alpha value is -1.99. The Balaban J connectivity index is 1.84. The van der Waals surface area contributed by atoms with Gasteiger partial charge in [-0.15, -0.1) is 0 Å². The highest BCUT2D eigenvalue weighted by molar-refractivity contribution is 7.71. The molecule has 0 bridgehead atoms. The largest absolute Gasteiger partial charge is 0.369 e. The Kier molecular flexibility index (Phi) is 5.65. The van der Waals surface area contributed by atoms with Gasteiger partial charge in [0, 0.05) is 18.5 Å². The second-order valence-corrected chi connectivity index (χ2v) is 6.48. The predicted octanol–water partition coefficient (Wildman–Crippen LogP) is 3.81. The molecule has 2 aromatic heterocycles. The molecule has 0 unspecified atom stereocenters. The Morgan fingerprint density at radius 3 is 2.72 bits per heavy atom. The van der Waals surface area contributed by atoms with Gasteiger partial charge in [-0.05, 0) is 57.3 Å². The van der Waals surface area contributed by atoms with Crippen LogP contribution in [-0.2, 0) is 6.54 Å². The molecule has 3 aromatic rings. The molecule has 1 aromatic carbocycles. The minimum Gasteiger partial charge on any atom is -0.369 e. The van der Waals surface area contributed by atoms with E-state index in [0.29, 0.717) is 0 Å². The Morgan fingerprint density at radius 1 is 1.20 bits per heavy atom. The van der Waals surface area contributed by atoms with Crippen LogP contribution in [0.15, 0.2) is 18.5 Å². The molecule has 2 heterocycles. The van der Waals surface area contributed by atoms with Crippen molar-refractivity contribution in [3.05, 3.63) is 23.2 Å². The molecule has 0 amide bonds. The number of hydrogen-bond acceptors (Lipinski definition) is 5. The molecule has 0 spiro atoms. The molecule has 0 aliphatic rings. The van der Waals surface area contributed by atoms with Crippen LogP contribution in [0.4, 0.5) is 5.82 Å². The summed E-state index contributed by atoms with van der Waals surface area (Å²) in [6, 6.07) is 4.18. The molecule has 0 saturated heterocycles. The van der Waals surface area contributed by atoms with Crippen LogP contribution in [0.1, 0.15) is 27.2 Å². The first kappa shape index (κ1) is 17.8. The number of benzene rings is 1. The Morgan fingerprint density at radius 2 is 2.00 bits per heavy atom. The summed E-state index contributed by atoms with van der Waals surface area (Å²) in [7, 11) is 0. The van der Waals surface area contributed by atoms with Crippen LogP contribution >= 0.6 is 12.2 Å². The van der Waals surface area contributed by atoms with Crippen LogP contribution < -0.4 is 5.32 Å². The monoisotopic (exact) mass is 358 g/mol. The van der Waals surface area contributed by atoms with E-state index in [4.69, 9.17) is 12.2 Å². The highest BCUT2D eigenvalue weighted by atomic mass is 32.1. The highest BCUT2D eigenvalue weighted by Crippen LogP contribution is 2.25. The summed E-state index contributed by atoms with van der Waals surface area (Å²) >= 11 is 5.41. The number of H-pyrrole nitrogens is 1. The summed E-state index contributed by atoms with van der Waals surface area (Å²) in [5, 5.41) is 4.49. The van der Waals surface area contributed by atoms with Gasteiger partial charge in [-0.1, -0.05) is 13.8 Å². The third-order valence-corrected chi connectivity index (χ3v) is 5.01. The number of rotatable bonds is 8. The van der Waals surface area contributed by atoms with Gasteiger partial charge in [0.05, 0.1) is 16.6 Å². The van der Waals surface area contributed by atoms with Gasteiger partial charge >= 0.3 is 0 Å². The second-order valence-electron chi connectivity index (χ2n) is 6.09. The van der Waals surface area contributed by atoms with E-state index >= 15 is 0 Å². The zero-order valence-corrected chi connectivity index (χ0v) is 16.0. The molecule has 0 atom stereocenters. The lowest BCUT2D eigenvalue weighted by atomic mass is 10.2. The van der Waals surface area contributed by atoms with Gasteiger partial charge in [0.2, 0.25) is 0 Å². The molecule has 7 heteroatoms. The smallest absolute Gasteiger partial charge is 0.178 e. The SMILES string of the molecule is CCN(CC)CCCNc1ncnc2cc3c(cc12)[nH]c(=S)n3CC. The summed E-state index contributed by atoms with van der Waals surface area (Å²) in [5.74, 6) is 0.884. The van der Waals surface area contributed by atoms with Gasteiger partial charge in [0.25, 0.3) is 0 Å². The van der Waals surface area contributed by atoms with Crippen molar-refractivity contribution in [2.75, 3.05) is 31.5 Å². The molecule has 134 valence electrons. The fourth-order valence-corrected chi connectivity index (χ4v) is 3.55. The zero-order chi connectivity index (χ0) is 17.8. The minimum atomic E-state index is 0.745. The van der Waals surface area contributed by atoms with Crippen molar-refractivity contribution in [2.24, 2.45) is 0 Å². The van der Waals surface area contributed by atoms with Crippen molar-refractivity contribution in [2.45, 2.75) is 33.7 Å². The third kappa shape index (κ3) is 3.67. The summed E-state index contributed by atoms with van der Waals surface area (Å²) in [5.41, 5.74) is 3.05. The summed E-state index contributed by atoms with van der Waals surface area (Å²) in [6.07, 6.45) is 2.71. The first-order valence-corrected chi connectivity index (χ1v) is 9.42. The fourth-order valence-electron chi connectivity index (χ4n) is 3.21. The van der Waals surface area contributed by atoms with E-state index in [2.05, 4.69) is 62.6 Å². The van der Waals surface area contributed by atoms with E-state index in [1.54, 1.807) is 6.33 Å². The normalized spacial score (nSPS) is 11.7. The van der Waals surface area contributed by atoms with Gasteiger partial charge in [-0.25, -0.2) is 9.97 Å². The number of aromatic nitrogens is 4. The molecule has 25 heavy (non-hydrogen) atoms. The van der Waals surface area contributed by atoms with Gasteiger partial charge < -0.3 is 19.8 Å². The molecule has 2 N–H and O–H groups in total. The maximum absolute atomic E-state index is 5.41. The third-order valence-electron chi connectivity index (χ3n) is 4.68. The Bertz CT molecular complexity index is 909. The van der Waals surface area contributed by atoms with Crippen LogP contribution in [0, 0.1) is 4.77 Å². The maximum atomic E-state index is 5.41. The number of fused-ring (bicyclic) bond motifs is 2. The molecule has 0 saturated carbocycles. The fraction of sp³-hybridized carbons (Fsp3) is 0.500. The molecule has 6 nitrogen and oxygen atoms in total.